The number of methoxy groups -OCH3 is 1. The molecule has 12 nitrogen and oxygen atoms in total. The highest BCUT2D eigenvalue weighted by atomic mass is 19.1. The number of anilines is 1. The minimum atomic E-state index is -1.04. The van der Waals surface area contributed by atoms with E-state index in [1.807, 2.05) is 13.8 Å². The van der Waals surface area contributed by atoms with Crippen LogP contribution in [-0.4, -0.2) is 69.6 Å². The fourth-order valence-electron chi connectivity index (χ4n) is 3.88. The highest BCUT2D eigenvalue weighted by Gasteiger charge is 2.22. The molecule has 13 heteroatoms. The molecule has 3 N–H and O–H groups in total. The summed E-state index contributed by atoms with van der Waals surface area (Å²) < 4.78 is 20.3. The van der Waals surface area contributed by atoms with Crippen LogP contribution in [0.1, 0.15) is 38.2 Å². The minimum Gasteiger partial charge on any atom is -0.453 e. The first kappa shape index (κ1) is 30.0. The summed E-state index contributed by atoms with van der Waals surface area (Å²) in [5, 5.41) is 5.00. The molecule has 0 saturated carbocycles. The van der Waals surface area contributed by atoms with Crippen molar-refractivity contribution in [2.45, 2.75) is 45.7 Å². The maximum atomic E-state index is 14.4. The van der Waals surface area contributed by atoms with E-state index in [1.165, 1.54) is 34.9 Å². The third-order valence-electron chi connectivity index (χ3n) is 5.92. The largest absolute Gasteiger partial charge is 0.453 e. The second kappa shape index (κ2) is 13.5. The van der Waals surface area contributed by atoms with E-state index in [-0.39, 0.29) is 30.1 Å². The molecule has 0 fully saturated rings. The number of allylic oxidation sites excluding steroid dienone is 1. The SMILES string of the molecule is COC(=O)NC(CCC=CC(=O)N(C)C)C(=O)Nc1cccn(Cc2nc3c(F)cnc(CC(C)C)c3[nH]2)c1=O. The number of hydrogen-bond acceptors (Lipinski definition) is 7. The van der Waals surface area contributed by atoms with Gasteiger partial charge in [0.15, 0.2) is 5.82 Å². The predicted octanol–water partition coefficient (Wildman–Crippen LogP) is 2.59. The van der Waals surface area contributed by atoms with Crippen molar-refractivity contribution in [2.24, 2.45) is 5.92 Å². The quantitative estimate of drug-likeness (QED) is 0.308. The number of imidazole rings is 1. The molecule has 0 radical (unpaired) electrons. The number of alkyl carbamates (subject to hydrolysis) is 1. The lowest BCUT2D eigenvalue weighted by molar-refractivity contribution is -0.123. The van der Waals surface area contributed by atoms with Crippen molar-refractivity contribution in [1.29, 1.82) is 0 Å². The second-order valence-corrected chi connectivity index (χ2v) is 9.80. The van der Waals surface area contributed by atoms with E-state index in [9.17, 15) is 23.6 Å². The smallest absolute Gasteiger partial charge is 0.407 e. The Morgan fingerprint density at radius 1 is 1.27 bits per heavy atom. The van der Waals surface area contributed by atoms with Crippen LogP contribution >= 0.6 is 0 Å². The number of carbonyl (C=O) groups excluding carboxylic acids is 3. The maximum absolute atomic E-state index is 14.4. The number of nitrogens with zero attached hydrogens (tertiary/aromatic N) is 4. The number of pyridine rings is 2. The van der Waals surface area contributed by atoms with Crippen molar-refractivity contribution in [1.82, 2.24) is 29.7 Å². The van der Waals surface area contributed by atoms with Crippen LogP contribution < -0.4 is 16.2 Å². The van der Waals surface area contributed by atoms with Crippen LogP contribution in [0.25, 0.3) is 11.0 Å². The zero-order valence-corrected chi connectivity index (χ0v) is 23.2. The number of ether oxygens (including phenoxy) is 1. The molecule has 0 saturated heterocycles. The van der Waals surface area contributed by atoms with Gasteiger partial charge in [-0.15, -0.1) is 0 Å². The normalized spacial score (nSPS) is 12.1. The Balaban J connectivity index is 1.78. The molecule has 1 atom stereocenters. The summed E-state index contributed by atoms with van der Waals surface area (Å²) in [6.07, 6.45) is 5.88. The van der Waals surface area contributed by atoms with Crippen molar-refractivity contribution in [3.63, 3.8) is 0 Å². The molecule has 0 spiro atoms. The molecule has 0 aliphatic heterocycles. The summed E-state index contributed by atoms with van der Waals surface area (Å²) in [7, 11) is 4.39. The zero-order chi connectivity index (χ0) is 29.4. The molecule has 3 rings (SSSR count). The number of fused-ring (bicyclic) bond motifs is 1. The van der Waals surface area contributed by atoms with E-state index in [0.717, 1.165) is 6.20 Å². The van der Waals surface area contributed by atoms with Crippen LogP contribution in [0, 0.1) is 11.7 Å². The summed E-state index contributed by atoms with van der Waals surface area (Å²) in [6, 6.07) is 1.97. The first-order valence-electron chi connectivity index (χ1n) is 12.7. The monoisotopic (exact) mass is 555 g/mol. The summed E-state index contributed by atoms with van der Waals surface area (Å²) in [5.74, 6) is -0.774. The molecular formula is C27H34FN7O5. The molecule has 3 aromatic heterocycles. The van der Waals surface area contributed by atoms with Crippen LogP contribution in [-0.2, 0) is 27.3 Å². The Labute approximate surface area is 230 Å². The van der Waals surface area contributed by atoms with Gasteiger partial charge in [-0.2, -0.15) is 0 Å². The lowest BCUT2D eigenvalue weighted by Gasteiger charge is -2.17. The van der Waals surface area contributed by atoms with Crippen molar-refractivity contribution < 1.29 is 23.5 Å². The Hall–Kier alpha value is -4.55. The Morgan fingerprint density at radius 3 is 2.70 bits per heavy atom. The van der Waals surface area contributed by atoms with E-state index in [4.69, 9.17) is 0 Å². The molecular weight excluding hydrogens is 521 g/mol. The number of H-pyrrole nitrogens is 1. The highest BCUT2D eigenvalue weighted by Crippen LogP contribution is 2.20. The van der Waals surface area contributed by atoms with Gasteiger partial charge in [-0.25, -0.2) is 14.2 Å². The van der Waals surface area contributed by atoms with Gasteiger partial charge in [0.05, 0.1) is 31.1 Å². The number of halogens is 1. The lowest BCUT2D eigenvalue weighted by atomic mass is 10.1. The van der Waals surface area contributed by atoms with Gasteiger partial charge < -0.3 is 29.8 Å². The van der Waals surface area contributed by atoms with E-state index in [0.29, 0.717) is 35.8 Å². The summed E-state index contributed by atoms with van der Waals surface area (Å²) in [5.41, 5.74) is 0.775. The third-order valence-corrected chi connectivity index (χ3v) is 5.92. The van der Waals surface area contributed by atoms with Gasteiger partial charge in [0, 0.05) is 20.3 Å². The Bertz CT molecular complexity index is 1460. The molecule has 0 aliphatic rings. The number of rotatable bonds is 11. The maximum Gasteiger partial charge on any atom is 0.407 e. The molecule has 0 aromatic carbocycles. The average molecular weight is 556 g/mol. The van der Waals surface area contributed by atoms with Crippen LogP contribution in [0.2, 0.25) is 0 Å². The Morgan fingerprint density at radius 2 is 2.02 bits per heavy atom. The van der Waals surface area contributed by atoms with Gasteiger partial charge in [0.2, 0.25) is 11.8 Å². The number of carbonyl (C=O) groups is 3. The molecule has 3 aromatic rings. The summed E-state index contributed by atoms with van der Waals surface area (Å²) >= 11 is 0. The van der Waals surface area contributed by atoms with Crippen LogP contribution in [0.3, 0.4) is 0 Å². The molecule has 0 bridgehead atoms. The molecule has 1 unspecified atom stereocenters. The number of amides is 3. The standard InChI is InChI=1S/C27H34FN7O5/c1-16(2)13-20-24-23(17(28)14-29-20)32-21(33-24)15-35-12-8-10-19(26(35)38)30-25(37)18(31-27(39)40-5)9-6-7-11-22(36)34(3)4/h7-8,10-12,14,16,18H,6,9,13,15H2,1-5H3,(H,30,37)(H,31,39)(H,32,33). The van der Waals surface area contributed by atoms with Crippen LogP contribution in [0.5, 0.6) is 0 Å². The molecule has 3 amide bonds. The first-order valence-corrected chi connectivity index (χ1v) is 12.7. The van der Waals surface area contributed by atoms with Crippen molar-refractivity contribution in [2.75, 3.05) is 26.5 Å². The van der Waals surface area contributed by atoms with Crippen molar-refractivity contribution in [3.8, 4) is 0 Å². The van der Waals surface area contributed by atoms with Crippen molar-refractivity contribution in [3.05, 3.63) is 64.4 Å². The van der Waals surface area contributed by atoms with E-state index in [2.05, 4.69) is 30.3 Å². The summed E-state index contributed by atoms with van der Waals surface area (Å²) in [4.78, 5) is 62.7. The van der Waals surface area contributed by atoms with Gasteiger partial charge in [-0.3, -0.25) is 19.4 Å². The number of aromatic amines is 1. The van der Waals surface area contributed by atoms with Crippen LogP contribution in [0.15, 0.2) is 41.5 Å². The van der Waals surface area contributed by atoms with E-state index < -0.39 is 29.4 Å². The van der Waals surface area contributed by atoms with Gasteiger partial charge >= 0.3 is 6.09 Å². The molecule has 3 heterocycles. The molecule has 214 valence electrons. The number of likely N-dealkylation sites (N-methyl/N-ethyl adjacent to an activating group) is 1. The highest BCUT2D eigenvalue weighted by molar-refractivity contribution is 5.96. The number of hydrogen-bond donors (Lipinski definition) is 3. The lowest BCUT2D eigenvalue weighted by Crippen LogP contribution is -2.44. The predicted molar refractivity (Wildman–Crippen MR) is 147 cm³/mol. The Kier molecular flexibility index (Phi) is 10.1. The number of nitrogens with one attached hydrogen (secondary N) is 3. The topological polar surface area (TPSA) is 151 Å². The fourth-order valence-corrected chi connectivity index (χ4v) is 3.88. The zero-order valence-electron chi connectivity index (χ0n) is 23.2. The van der Waals surface area contributed by atoms with Gasteiger partial charge in [-0.05, 0) is 43.4 Å². The average Bonchev–Trinajstić information content (AvgIpc) is 3.34. The van der Waals surface area contributed by atoms with Gasteiger partial charge in [0.25, 0.3) is 5.56 Å². The van der Waals surface area contributed by atoms with Crippen molar-refractivity contribution >= 4 is 34.6 Å². The van der Waals surface area contributed by atoms with Crippen LogP contribution in [0.4, 0.5) is 14.9 Å². The molecule has 40 heavy (non-hydrogen) atoms. The number of aromatic nitrogens is 4. The molecule has 0 aliphatic carbocycles. The minimum absolute atomic E-state index is 0.00762. The fraction of sp³-hybridized carbons (Fsp3) is 0.407. The van der Waals surface area contributed by atoms with E-state index in [1.54, 1.807) is 26.2 Å². The third kappa shape index (κ3) is 7.74. The van der Waals surface area contributed by atoms with E-state index >= 15 is 0 Å². The van der Waals surface area contributed by atoms with Gasteiger partial charge in [-0.1, -0.05) is 19.9 Å². The van der Waals surface area contributed by atoms with Gasteiger partial charge in [0.1, 0.15) is 23.1 Å². The summed E-state index contributed by atoms with van der Waals surface area (Å²) in [6.45, 7) is 4.05. The first-order chi connectivity index (χ1) is 19.0. The second-order valence-electron chi connectivity index (χ2n) is 9.80.